The van der Waals surface area contributed by atoms with E-state index in [1.165, 1.54) is 0 Å². The summed E-state index contributed by atoms with van der Waals surface area (Å²) in [6.45, 7) is 0.607. The van der Waals surface area contributed by atoms with E-state index in [-0.39, 0.29) is 5.56 Å². The van der Waals surface area contributed by atoms with Crippen molar-refractivity contribution in [1.29, 1.82) is 0 Å². The van der Waals surface area contributed by atoms with Crippen molar-refractivity contribution in [2.45, 2.75) is 19.2 Å². The van der Waals surface area contributed by atoms with Crippen LogP contribution in [0.2, 0.25) is 0 Å². The fraction of sp³-hybridized carbons (Fsp3) is 0.300. The highest BCUT2D eigenvalue weighted by atomic mass is 19.4. The van der Waals surface area contributed by atoms with Crippen LogP contribution in [0, 0.1) is 11.6 Å². The molecule has 0 saturated heterocycles. The molecule has 0 saturated carbocycles. The van der Waals surface area contributed by atoms with Crippen LogP contribution in [0.3, 0.4) is 0 Å². The SMILES string of the molecule is CC(Oc1c(F)cc(C(N)=NO)cc1F)C(F)(F)F. The number of oxime groups is 1. The first-order chi connectivity index (χ1) is 8.66. The molecule has 0 spiro atoms. The van der Waals surface area contributed by atoms with E-state index in [1.807, 2.05) is 0 Å². The first-order valence-electron chi connectivity index (χ1n) is 4.87. The predicted octanol–water partition coefficient (Wildman–Crippen LogP) is 2.39. The number of hydrogen-bond donors (Lipinski definition) is 2. The van der Waals surface area contributed by atoms with Gasteiger partial charge >= 0.3 is 6.18 Å². The number of nitrogens with zero attached hydrogens (tertiary/aromatic N) is 1. The molecule has 0 fully saturated rings. The predicted molar refractivity (Wildman–Crippen MR) is 55.0 cm³/mol. The Morgan fingerprint density at radius 1 is 1.32 bits per heavy atom. The summed E-state index contributed by atoms with van der Waals surface area (Å²) >= 11 is 0. The van der Waals surface area contributed by atoms with Crippen LogP contribution in [0.15, 0.2) is 17.3 Å². The molecule has 0 amide bonds. The van der Waals surface area contributed by atoms with Crippen molar-refractivity contribution < 1.29 is 31.9 Å². The van der Waals surface area contributed by atoms with Gasteiger partial charge < -0.3 is 15.7 Å². The lowest BCUT2D eigenvalue weighted by Gasteiger charge is -2.18. The number of hydrogen-bond acceptors (Lipinski definition) is 3. The summed E-state index contributed by atoms with van der Waals surface area (Å²) in [6.07, 6.45) is -7.14. The lowest BCUT2D eigenvalue weighted by Crippen LogP contribution is -2.31. The fourth-order valence-electron chi connectivity index (χ4n) is 1.12. The van der Waals surface area contributed by atoms with Gasteiger partial charge in [0.25, 0.3) is 0 Å². The third kappa shape index (κ3) is 3.46. The van der Waals surface area contributed by atoms with E-state index < -0.39 is 35.5 Å². The molecule has 1 aromatic rings. The van der Waals surface area contributed by atoms with Gasteiger partial charge in [0.1, 0.15) is 0 Å². The smallest absolute Gasteiger partial charge is 0.425 e. The second-order valence-electron chi connectivity index (χ2n) is 3.56. The lowest BCUT2D eigenvalue weighted by molar-refractivity contribution is -0.190. The van der Waals surface area contributed by atoms with Crippen LogP contribution in [0.1, 0.15) is 12.5 Å². The van der Waals surface area contributed by atoms with E-state index in [4.69, 9.17) is 10.9 Å². The van der Waals surface area contributed by atoms with Crippen LogP contribution in [0.25, 0.3) is 0 Å². The molecule has 19 heavy (non-hydrogen) atoms. The maximum Gasteiger partial charge on any atom is 0.425 e. The van der Waals surface area contributed by atoms with E-state index >= 15 is 0 Å². The van der Waals surface area contributed by atoms with Gasteiger partial charge in [0.2, 0.25) is 0 Å². The molecule has 4 nitrogen and oxygen atoms in total. The van der Waals surface area contributed by atoms with Crippen LogP contribution in [-0.4, -0.2) is 23.3 Å². The van der Waals surface area contributed by atoms with Crippen molar-refractivity contribution in [2.24, 2.45) is 10.9 Å². The molecule has 0 radical (unpaired) electrons. The molecule has 0 aliphatic rings. The van der Waals surface area contributed by atoms with Gasteiger partial charge in [0, 0.05) is 5.56 Å². The number of ether oxygens (including phenoxy) is 1. The van der Waals surface area contributed by atoms with Crippen molar-refractivity contribution in [2.75, 3.05) is 0 Å². The summed E-state index contributed by atoms with van der Waals surface area (Å²) in [5.74, 6) is -4.55. The van der Waals surface area contributed by atoms with Crippen molar-refractivity contribution in [1.82, 2.24) is 0 Å². The normalized spacial score (nSPS) is 14.3. The van der Waals surface area contributed by atoms with Gasteiger partial charge in [-0.05, 0) is 19.1 Å². The quantitative estimate of drug-likeness (QED) is 0.294. The van der Waals surface area contributed by atoms with Crippen LogP contribution in [0.4, 0.5) is 22.0 Å². The molecule has 9 heteroatoms. The topological polar surface area (TPSA) is 67.8 Å². The average molecular weight is 284 g/mol. The Balaban J connectivity index is 3.11. The minimum Gasteiger partial charge on any atom is -0.475 e. The molecule has 0 heterocycles. The molecule has 3 N–H and O–H groups in total. The van der Waals surface area contributed by atoms with Gasteiger partial charge in [0.15, 0.2) is 29.3 Å². The molecule has 0 aromatic heterocycles. The number of nitrogens with two attached hydrogens (primary N) is 1. The molecular formula is C10H9F5N2O2. The van der Waals surface area contributed by atoms with Crippen LogP contribution in [-0.2, 0) is 0 Å². The van der Waals surface area contributed by atoms with Gasteiger partial charge in [-0.25, -0.2) is 8.78 Å². The van der Waals surface area contributed by atoms with Gasteiger partial charge in [-0.1, -0.05) is 5.16 Å². The fourth-order valence-corrected chi connectivity index (χ4v) is 1.12. The van der Waals surface area contributed by atoms with E-state index in [9.17, 15) is 22.0 Å². The maximum absolute atomic E-state index is 13.4. The third-order valence-electron chi connectivity index (χ3n) is 2.16. The minimum atomic E-state index is -4.76. The number of rotatable bonds is 3. The molecule has 1 unspecified atom stereocenters. The van der Waals surface area contributed by atoms with Crippen LogP contribution in [0.5, 0.6) is 5.75 Å². The number of benzene rings is 1. The van der Waals surface area contributed by atoms with Gasteiger partial charge in [-0.3, -0.25) is 0 Å². The Labute approximate surface area is 104 Å². The Morgan fingerprint density at radius 3 is 2.16 bits per heavy atom. The van der Waals surface area contributed by atoms with E-state index in [0.29, 0.717) is 19.1 Å². The summed E-state index contributed by atoms with van der Waals surface area (Å²) in [7, 11) is 0. The molecule has 1 atom stereocenters. The average Bonchev–Trinajstić information content (AvgIpc) is 2.30. The zero-order valence-electron chi connectivity index (χ0n) is 9.50. The summed E-state index contributed by atoms with van der Waals surface area (Å²) in [5.41, 5.74) is 4.77. The Hall–Kier alpha value is -2.06. The zero-order valence-corrected chi connectivity index (χ0v) is 9.50. The standard InChI is InChI=1S/C10H9F5N2O2/c1-4(10(13,14)15)19-8-6(11)2-5(3-7(8)12)9(16)17-18/h2-4,18H,1H3,(H2,16,17). The molecule has 1 rings (SSSR count). The van der Waals surface area contributed by atoms with Gasteiger partial charge in [-0.2, -0.15) is 13.2 Å². The molecule has 1 aromatic carbocycles. The number of halogens is 5. The van der Waals surface area contributed by atoms with Gasteiger partial charge in [0.05, 0.1) is 0 Å². The van der Waals surface area contributed by atoms with Gasteiger partial charge in [-0.15, -0.1) is 0 Å². The molecule has 0 bridgehead atoms. The summed E-state index contributed by atoms with van der Waals surface area (Å²) in [4.78, 5) is 0. The van der Waals surface area contributed by atoms with Crippen LogP contribution < -0.4 is 10.5 Å². The second-order valence-corrected chi connectivity index (χ2v) is 3.56. The summed E-state index contributed by atoms with van der Waals surface area (Å²) < 4.78 is 67.7. The minimum absolute atomic E-state index is 0.329. The Kier molecular flexibility index (Phi) is 4.17. The maximum atomic E-state index is 13.4. The van der Waals surface area contributed by atoms with Crippen molar-refractivity contribution in [3.8, 4) is 5.75 Å². The third-order valence-corrected chi connectivity index (χ3v) is 2.16. The summed E-state index contributed by atoms with van der Waals surface area (Å²) in [5, 5.41) is 10.8. The number of amidine groups is 1. The molecule has 106 valence electrons. The van der Waals surface area contributed by atoms with Crippen molar-refractivity contribution in [3.05, 3.63) is 29.3 Å². The molecular weight excluding hydrogens is 275 g/mol. The monoisotopic (exact) mass is 284 g/mol. The lowest BCUT2D eigenvalue weighted by atomic mass is 10.2. The summed E-state index contributed by atoms with van der Waals surface area (Å²) in [6, 6.07) is 1.19. The number of alkyl halides is 3. The molecule has 0 aliphatic heterocycles. The van der Waals surface area contributed by atoms with E-state index in [2.05, 4.69) is 9.89 Å². The highest BCUT2D eigenvalue weighted by Gasteiger charge is 2.39. The van der Waals surface area contributed by atoms with Crippen molar-refractivity contribution in [3.63, 3.8) is 0 Å². The van der Waals surface area contributed by atoms with E-state index in [0.717, 1.165) is 0 Å². The molecule has 0 aliphatic carbocycles. The Morgan fingerprint density at radius 2 is 1.79 bits per heavy atom. The first-order valence-corrected chi connectivity index (χ1v) is 4.87. The van der Waals surface area contributed by atoms with E-state index in [1.54, 1.807) is 0 Å². The zero-order chi connectivity index (χ0) is 14.8. The van der Waals surface area contributed by atoms with Crippen LogP contribution >= 0.6 is 0 Å². The largest absolute Gasteiger partial charge is 0.475 e. The highest BCUT2D eigenvalue weighted by Crippen LogP contribution is 2.29. The second kappa shape index (κ2) is 5.29. The first kappa shape index (κ1) is 15.0. The Bertz CT molecular complexity index is 478. The highest BCUT2D eigenvalue weighted by molar-refractivity contribution is 5.97. The van der Waals surface area contributed by atoms with Crippen molar-refractivity contribution >= 4 is 5.84 Å².